The summed E-state index contributed by atoms with van der Waals surface area (Å²) in [4.78, 5) is 14.5. The van der Waals surface area contributed by atoms with Gasteiger partial charge in [-0.15, -0.1) is 0 Å². The van der Waals surface area contributed by atoms with Crippen molar-refractivity contribution < 1.29 is 9.53 Å². The highest BCUT2D eigenvalue weighted by Crippen LogP contribution is 2.19. The first kappa shape index (κ1) is 12.9. The summed E-state index contributed by atoms with van der Waals surface area (Å²) in [6.45, 7) is 7.08. The summed E-state index contributed by atoms with van der Waals surface area (Å²) in [6, 6.07) is 1.56. The largest absolute Gasteiger partial charge is 0.425 e. The van der Waals surface area contributed by atoms with E-state index in [0.29, 0.717) is 16.5 Å². The van der Waals surface area contributed by atoms with Crippen LogP contribution in [-0.4, -0.2) is 11.0 Å². The Morgan fingerprint density at radius 3 is 2.57 bits per heavy atom. The van der Waals surface area contributed by atoms with E-state index < -0.39 is 0 Å². The van der Waals surface area contributed by atoms with E-state index in [1.165, 1.54) is 13.1 Å². The van der Waals surface area contributed by atoms with E-state index in [1.807, 2.05) is 13.8 Å². The van der Waals surface area contributed by atoms with Gasteiger partial charge in [0.2, 0.25) is 0 Å². The molecule has 3 nitrogen and oxygen atoms in total. The normalized spacial score (nSPS) is 8.64. The Kier molecular flexibility index (Phi) is 5.88. The smallest absolute Gasteiger partial charge is 0.308 e. The summed E-state index contributed by atoms with van der Waals surface area (Å²) < 4.78 is 4.84. The molecular formula is C10H14ClNO2. The van der Waals surface area contributed by atoms with Crippen LogP contribution in [0.5, 0.6) is 5.75 Å². The Bertz CT molecular complexity index is 313. The van der Waals surface area contributed by atoms with Crippen LogP contribution >= 0.6 is 11.6 Å². The van der Waals surface area contributed by atoms with Gasteiger partial charge in [0.15, 0.2) is 5.75 Å². The molecule has 0 aliphatic carbocycles. The van der Waals surface area contributed by atoms with E-state index in [0.717, 1.165) is 0 Å². The maximum absolute atomic E-state index is 10.6. The molecule has 0 saturated heterocycles. The Balaban J connectivity index is 0.000000791. The highest BCUT2D eigenvalue weighted by atomic mass is 35.5. The highest BCUT2D eigenvalue weighted by Gasteiger charge is 2.03. The van der Waals surface area contributed by atoms with Crippen molar-refractivity contribution in [2.75, 3.05) is 0 Å². The minimum Gasteiger partial charge on any atom is -0.425 e. The second kappa shape index (κ2) is 6.38. The number of hydrogen-bond acceptors (Lipinski definition) is 3. The molecule has 1 aromatic rings. The van der Waals surface area contributed by atoms with E-state index >= 15 is 0 Å². The van der Waals surface area contributed by atoms with Crippen LogP contribution in [0.25, 0.3) is 0 Å². The summed E-state index contributed by atoms with van der Waals surface area (Å²) in [5.74, 6) is 0.0390. The van der Waals surface area contributed by atoms with Gasteiger partial charge in [-0.25, -0.2) is 0 Å². The highest BCUT2D eigenvalue weighted by molar-refractivity contribution is 6.30. The van der Waals surface area contributed by atoms with Crippen molar-refractivity contribution in [1.29, 1.82) is 0 Å². The van der Waals surface area contributed by atoms with Gasteiger partial charge < -0.3 is 4.74 Å². The Hall–Kier alpha value is -1.09. The molecule has 0 fully saturated rings. The van der Waals surface area contributed by atoms with Gasteiger partial charge in [0, 0.05) is 19.2 Å². The predicted octanol–water partition coefficient (Wildman–Crippen LogP) is 2.99. The van der Waals surface area contributed by atoms with Crippen LogP contribution in [0.15, 0.2) is 12.3 Å². The molecule has 0 bridgehead atoms. The third kappa shape index (κ3) is 4.23. The fraction of sp³-hybridized carbons (Fsp3) is 0.400. The first-order valence-corrected chi connectivity index (χ1v) is 4.78. The SMILES string of the molecule is CC.CC(=O)Oc1cc(Cl)cnc1C. The van der Waals surface area contributed by atoms with Gasteiger partial charge in [0.05, 0.1) is 10.7 Å². The number of esters is 1. The Labute approximate surface area is 89.1 Å². The zero-order valence-corrected chi connectivity index (χ0v) is 9.55. The van der Waals surface area contributed by atoms with Crippen LogP contribution in [0, 0.1) is 6.92 Å². The molecule has 0 radical (unpaired) electrons. The lowest BCUT2D eigenvalue weighted by molar-refractivity contribution is -0.131. The molecule has 0 amide bonds. The molecule has 0 aliphatic rings. The van der Waals surface area contributed by atoms with Crippen LogP contribution in [0.3, 0.4) is 0 Å². The minimum absolute atomic E-state index is 0.373. The van der Waals surface area contributed by atoms with Crippen molar-refractivity contribution in [3.05, 3.63) is 23.0 Å². The maximum atomic E-state index is 10.6. The number of pyridine rings is 1. The maximum Gasteiger partial charge on any atom is 0.308 e. The molecule has 1 heterocycles. The van der Waals surface area contributed by atoms with Crippen molar-refractivity contribution in [3.63, 3.8) is 0 Å². The number of ether oxygens (including phenoxy) is 1. The number of rotatable bonds is 1. The molecule has 0 N–H and O–H groups in total. The van der Waals surface area contributed by atoms with Gasteiger partial charge in [0.1, 0.15) is 0 Å². The molecule has 4 heteroatoms. The average Bonchev–Trinajstić information content (AvgIpc) is 2.14. The Morgan fingerprint density at radius 1 is 1.50 bits per heavy atom. The number of carbonyl (C=O) groups is 1. The van der Waals surface area contributed by atoms with E-state index in [2.05, 4.69) is 4.98 Å². The van der Waals surface area contributed by atoms with Crippen LogP contribution in [0.2, 0.25) is 5.02 Å². The monoisotopic (exact) mass is 215 g/mol. The molecule has 0 aromatic carbocycles. The van der Waals surface area contributed by atoms with E-state index in [4.69, 9.17) is 16.3 Å². The molecule has 0 unspecified atom stereocenters. The molecule has 0 spiro atoms. The lowest BCUT2D eigenvalue weighted by Gasteiger charge is -2.03. The van der Waals surface area contributed by atoms with Gasteiger partial charge >= 0.3 is 5.97 Å². The van der Waals surface area contributed by atoms with Crippen molar-refractivity contribution in [3.8, 4) is 5.75 Å². The zero-order chi connectivity index (χ0) is 11.1. The molecule has 1 aromatic heterocycles. The number of aryl methyl sites for hydroxylation is 1. The van der Waals surface area contributed by atoms with Gasteiger partial charge in [0.25, 0.3) is 0 Å². The van der Waals surface area contributed by atoms with E-state index in [-0.39, 0.29) is 5.97 Å². The predicted molar refractivity (Wildman–Crippen MR) is 56.6 cm³/mol. The summed E-state index contributed by atoms with van der Waals surface area (Å²) in [6.07, 6.45) is 1.50. The molecule has 78 valence electrons. The van der Waals surface area contributed by atoms with Crippen LogP contribution in [-0.2, 0) is 4.79 Å². The standard InChI is InChI=1S/C8H8ClNO2.C2H6/c1-5-8(12-6(2)11)3-7(9)4-10-5;1-2/h3-4H,1-2H3;1-2H3. The van der Waals surface area contributed by atoms with E-state index in [9.17, 15) is 4.79 Å². The molecule has 0 aliphatic heterocycles. The zero-order valence-electron chi connectivity index (χ0n) is 8.80. The van der Waals surface area contributed by atoms with Gasteiger partial charge in [-0.1, -0.05) is 25.4 Å². The third-order valence-electron chi connectivity index (χ3n) is 1.26. The summed E-state index contributed by atoms with van der Waals surface area (Å²) in [7, 11) is 0. The number of carbonyl (C=O) groups excluding carboxylic acids is 1. The summed E-state index contributed by atoms with van der Waals surface area (Å²) in [5.41, 5.74) is 0.648. The van der Waals surface area contributed by atoms with Gasteiger partial charge in [-0.3, -0.25) is 9.78 Å². The lowest BCUT2D eigenvalue weighted by Crippen LogP contribution is -2.03. The lowest BCUT2D eigenvalue weighted by atomic mass is 10.3. The molecule has 1 rings (SSSR count). The van der Waals surface area contributed by atoms with Crippen molar-refractivity contribution in [2.24, 2.45) is 0 Å². The molecule has 0 saturated carbocycles. The number of hydrogen-bond donors (Lipinski definition) is 0. The topological polar surface area (TPSA) is 39.2 Å². The summed E-state index contributed by atoms with van der Waals surface area (Å²) in [5, 5.41) is 0.455. The molecular weight excluding hydrogens is 202 g/mol. The van der Waals surface area contributed by atoms with Crippen molar-refractivity contribution in [2.45, 2.75) is 27.7 Å². The third-order valence-corrected chi connectivity index (χ3v) is 1.47. The molecule has 14 heavy (non-hydrogen) atoms. The first-order valence-electron chi connectivity index (χ1n) is 4.40. The average molecular weight is 216 g/mol. The fourth-order valence-corrected chi connectivity index (χ4v) is 0.895. The second-order valence-electron chi connectivity index (χ2n) is 2.33. The van der Waals surface area contributed by atoms with Crippen molar-refractivity contribution in [1.82, 2.24) is 4.98 Å². The molecule has 0 atom stereocenters. The Morgan fingerprint density at radius 2 is 2.07 bits per heavy atom. The first-order chi connectivity index (χ1) is 6.59. The van der Waals surface area contributed by atoms with Gasteiger partial charge in [-0.05, 0) is 6.92 Å². The van der Waals surface area contributed by atoms with Crippen LogP contribution < -0.4 is 4.74 Å². The minimum atomic E-state index is -0.373. The van der Waals surface area contributed by atoms with E-state index in [1.54, 1.807) is 13.0 Å². The van der Waals surface area contributed by atoms with Crippen LogP contribution in [0.4, 0.5) is 0 Å². The second-order valence-corrected chi connectivity index (χ2v) is 2.77. The fourth-order valence-electron chi connectivity index (χ4n) is 0.747. The van der Waals surface area contributed by atoms with Crippen molar-refractivity contribution >= 4 is 17.6 Å². The summed E-state index contributed by atoms with van der Waals surface area (Å²) >= 11 is 5.65. The number of nitrogens with zero attached hydrogens (tertiary/aromatic N) is 1. The van der Waals surface area contributed by atoms with Crippen LogP contribution in [0.1, 0.15) is 26.5 Å². The number of aromatic nitrogens is 1. The van der Waals surface area contributed by atoms with Gasteiger partial charge in [-0.2, -0.15) is 0 Å². The number of halogens is 1. The quantitative estimate of drug-likeness (QED) is 0.676.